The highest BCUT2D eigenvalue weighted by molar-refractivity contribution is 5.77. The molecular weight excluding hydrogens is 803 g/mol. The third-order valence-electron chi connectivity index (χ3n) is 13.0. The molecule has 0 aromatic heterocycles. The quantitative estimate of drug-likeness (QED) is 0.0321. The Morgan fingerprint density at radius 1 is 0.446 bits per heavy atom. The Hall–Kier alpha value is -2.18. The molecule has 6 heteroatoms. The van der Waals surface area contributed by atoms with Crippen LogP contribution in [0.15, 0.2) is 48.6 Å². The minimum atomic E-state index is -0.798. The molecule has 0 rings (SSSR count). The molecule has 3 atom stereocenters. The summed E-state index contributed by atoms with van der Waals surface area (Å²) in [6, 6.07) is -0.714. The minimum Gasteiger partial charge on any atom is -0.462 e. The average molecular weight is 913 g/mol. The second-order valence-electron chi connectivity index (χ2n) is 19.4. The van der Waals surface area contributed by atoms with Crippen LogP contribution >= 0.6 is 0 Å². The summed E-state index contributed by atoms with van der Waals surface area (Å²) < 4.78 is 5.94. The van der Waals surface area contributed by atoms with E-state index in [2.05, 4.69) is 74.7 Å². The van der Waals surface area contributed by atoms with Crippen molar-refractivity contribution in [2.75, 3.05) is 6.61 Å². The van der Waals surface area contributed by atoms with Crippen molar-refractivity contribution in [1.29, 1.82) is 0 Å². The van der Waals surface area contributed by atoms with E-state index in [-0.39, 0.29) is 24.9 Å². The fraction of sp³-hybridized carbons (Fsp3) is 0.831. The van der Waals surface area contributed by atoms with Crippen molar-refractivity contribution in [3.8, 4) is 0 Å². The Morgan fingerprint density at radius 3 is 1.22 bits per heavy atom. The zero-order valence-corrected chi connectivity index (χ0v) is 43.4. The summed E-state index contributed by atoms with van der Waals surface area (Å²) >= 11 is 0. The van der Waals surface area contributed by atoms with E-state index in [0.29, 0.717) is 19.3 Å². The van der Waals surface area contributed by atoms with E-state index in [1.54, 1.807) is 0 Å². The summed E-state index contributed by atoms with van der Waals surface area (Å²) in [5.41, 5.74) is 0. The van der Waals surface area contributed by atoms with Crippen LogP contribution in [-0.4, -0.2) is 46.9 Å². The van der Waals surface area contributed by atoms with Gasteiger partial charge in [0.2, 0.25) is 5.91 Å². The number of unbranched alkanes of at least 4 members (excludes halogenated alkanes) is 34. The number of allylic oxidation sites excluding steroid dienone is 8. The Bertz CT molecular complexity index is 1110. The molecule has 0 aliphatic carbocycles. The smallest absolute Gasteiger partial charge is 0.306 e. The van der Waals surface area contributed by atoms with Gasteiger partial charge in [0.1, 0.15) is 6.10 Å². The van der Waals surface area contributed by atoms with Crippen LogP contribution in [0, 0.1) is 0 Å². The summed E-state index contributed by atoms with van der Waals surface area (Å²) in [7, 11) is 0. The lowest BCUT2D eigenvalue weighted by Crippen LogP contribution is -2.46. The summed E-state index contributed by atoms with van der Waals surface area (Å²) in [6.45, 7) is 6.46. The second kappa shape index (κ2) is 52.8. The molecule has 1 amide bonds. The fourth-order valence-electron chi connectivity index (χ4n) is 8.68. The van der Waals surface area contributed by atoms with Crippen LogP contribution < -0.4 is 5.32 Å². The molecule has 0 heterocycles. The van der Waals surface area contributed by atoms with Crippen LogP contribution in [0.3, 0.4) is 0 Å². The molecule has 3 unspecified atom stereocenters. The van der Waals surface area contributed by atoms with E-state index in [4.69, 9.17) is 4.74 Å². The molecule has 0 aliphatic rings. The number of hydrogen-bond donors (Lipinski definition) is 3. The number of ether oxygens (including phenoxy) is 1. The molecule has 0 radical (unpaired) electrons. The lowest BCUT2D eigenvalue weighted by atomic mass is 10.0. The Morgan fingerprint density at radius 2 is 0.785 bits per heavy atom. The standard InChI is InChI=1S/C59H109NO5/c1-4-7-10-13-16-19-22-25-27-29-31-34-36-39-42-45-48-51-57(62)56(54-61)60-58(63)53-55(50-47-44-41-38-35-33-30-28-26-23-20-17-14-11-8-5-2)65-59(64)52-49-46-43-40-37-32-24-21-18-15-12-9-6-3/h17,20,23,26,28,30,33,35,55-57,61-62H,4-16,18-19,21-22,24-25,27,29,31-32,34,36-54H2,1-3H3,(H,60,63)/b20-17+,26-23+,30-28+,35-33+. The molecule has 0 aliphatic heterocycles. The summed E-state index contributed by atoms with van der Waals surface area (Å²) in [5.74, 6) is -0.501. The van der Waals surface area contributed by atoms with Gasteiger partial charge in [-0.25, -0.2) is 0 Å². The van der Waals surface area contributed by atoms with Gasteiger partial charge in [0.15, 0.2) is 0 Å². The molecule has 380 valence electrons. The summed E-state index contributed by atoms with van der Waals surface area (Å²) in [5, 5.41) is 23.9. The van der Waals surface area contributed by atoms with Gasteiger partial charge < -0.3 is 20.3 Å². The number of carbonyl (C=O) groups is 2. The first-order valence-electron chi connectivity index (χ1n) is 28.4. The number of hydrogen-bond acceptors (Lipinski definition) is 5. The predicted octanol–water partition coefficient (Wildman–Crippen LogP) is 17.4. The number of aliphatic hydroxyl groups excluding tert-OH is 2. The van der Waals surface area contributed by atoms with Gasteiger partial charge in [-0.3, -0.25) is 9.59 Å². The molecule has 0 saturated heterocycles. The Labute approximate surface area is 404 Å². The topological polar surface area (TPSA) is 95.9 Å². The third kappa shape index (κ3) is 48.1. The molecule has 0 aromatic rings. The first kappa shape index (κ1) is 62.8. The molecule has 0 aromatic carbocycles. The van der Waals surface area contributed by atoms with Gasteiger partial charge in [0, 0.05) is 6.42 Å². The number of esters is 1. The van der Waals surface area contributed by atoms with Gasteiger partial charge in [-0.2, -0.15) is 0 Å². The maximum Gasteiger partial charge on any atom is 0.306 e. The molecular formula is C59H109NO5. The maximum atomic E-state index is 13.3. The van der Waals surface area contributed by atoms with Crippen LogP contribution in [0.5, 0.6) is 0 Å². The van der Waals surface area contributed by atoms with E-state index in [0.717, 1.165) is 70.6 Å². The van der Waals surface area contributed by atoms with Crippen molar-refractivity contribution in [3.05, 3.63) is 48.6 Å². The Balaban J connectivity index is 4.59. The zero-order valence-electron chi connectivity index (χ0n) is 43.4. The van der Waals surface area contributed by atoms with Crippen molar-refractivity contribution in [3.63, 3.8) is 0 Å². The fourth-order valence-corrected chi connectivity index (χ4v) is 8.68. The van der Waals surface area contributed by atoms with Gasteiger partial charge in [0.25, 0.3) is 0 Å². The highest BCUT2D eigenvalue weighted by Crippen LogP contribution is 2.18. The lowest BCUT2D eigenvalue weighted by Gasteiger charge is -2.24. The van der Waals surface area contributed by atoms with Crippen LogP contribution in [0.25, 0.3) is 0 Å². The highest BCUT2D eigenvalue weighted by atomic mass is 16.5. The first-order chi connectivity index (χ1) is 32.0. The molecule has 0 fully saturated rings. The molecule has 65 heavy (non-hydrogen) atoms. The van der Waals surface area contributed by atoms with E-state index < -0.39 is 18.2 Å². The number of aliphatic hydroxyl groups is 2. The third-order valence-corrected chi connectivity index (χ3v) is 13.0. The van der Waals surface area contributed by atoms with E-state index in [9.17, 15) is 19.8 Å². The maximum absolute atomic E-state index is 13.3. The van der Waals surface area contributed by atoms with Crippen molar-refractivity contribution in [2.45, 2.75) is 309 Å². The van der Waals surface area contributed by atoms with Gasteiger partial charge in [-0.15, -0.1) is 0 Å². The monoisotopic (exact) mass is 912 g/mol. The minimum absolute atomic E-state index is 0.0544. The Kier molecular flexibility index (Phi) is 51.0. The molecule has 0 spiro atoms. The molecule has 0 bridgehead atoms. The number of nitrogens with one attached hydrogen (secondary N) is 1. The van der Waals surface area contributed by atoms with Crippen LogP contribution in [0.4, 0.5) is 0 Å². The van der Waals surface area contributed by atoms with Gasteiger partial charge in [-0.1, -0.05) is 275 Å². The van der Waals surface area contributed by atoms with E-state index in [1.807, 2.05) is 0 Å². The molecule has 0 saturated carbocycles. The molecule has 6 nitrogen and oxygen atoms in total. The van der Waals surface area contributed by atoms with Crippen molar-refractivity contribution < 1.29 is 24.5 Å². The molecule has 3 N–H and O–H groups in total. The predicted molar refractivity (Wildman–Crippen MR) is 282 cm³/mol. The van der Waals surface area contributed by atoms with Crippen LogP contribution in [-0.2, 0) is 14.3 Å². The van der Waals surface area contributed by atoms with Crippen LogP contribution in [0.2, 0.25) is 0 Å². The largest absolute Gasteiger partial charge is 0.462 e. The highest BCUT2D eigenvalue weighted by Gasteiger charge is 2.24. The van der Waals surface area contributed by atoms with E-state index in [1.165, 1.54) is 173 Å². The van der Waals surface area contributed by atoms with Gasteiger partial charge in [-0.05, 0) is 51.4 Å². The average Bonchev–Trinajstić information content (AvgIpc) is 3.30. The second-order valence-corrected chi connectivity index (χ2v) is 19.4. The van der Waals surface area contributed by atoms with Crippen LogP contribution in [0.1, 0.15) is 290 Å². The number of rotatable bonds is 51. The normalized spacial score (nSPS) is 13.5. The number of amides is 1. The lowest BCUT2D eigenvalue weighted by molar-refractivity contribution is -0.151. The van der Waals surface area contributed by atoms with Gasteiger partial charge in [0.05, 0.1) is 25.2 Å². The zero-order chi connectivity index (χ0) is 47.4. The first-order valence-corrected chi connectivity index (χ1v) is 28.4. The van der Waals surface area contributed by atoms with Gasteiger partial charge >= 0.3 is 5.97 Å². The number of carbonyl (C=O) groups excluding carboxylic acids is 2. The summed E-state index contributed by atoms with van der Waals surface area (Å²) in [4.78, 5) is 26.2. The van der Waals surface area contributed by atoms with E-state index >= 15 is 0 Å². The van der Waals surface area contributed by atoms with Crippen molar-refractivity contribution in [1.82, 2.24) is 5.32 Å². The SMILES string of the molecule is CCCCC/C=C/C=C/C=C/C=C/CCCCCC(CC(=O)NC(CO)C(O)CCCCCCCCCCCCCCCCCCC)OC(=O)CCCCCCCCCCCCCCC. The van der Waals surface area contributed by atoms with Crippen molar-refractivity contribution in [2.24, 2.45) is 0 Å². The summed E-state index contributed by atoms with van der Waals surface area (Å²) in [6.07, 6.45) is 64.6. The van der Waals surface area contributed by atoms with Crippen molar-refractivity contribution >= 4 is 11.9 Å².